The Balaban J connectivity index is 2.62. The van der Waals surface area contributed by atoms with Crippen molar-refractivity contribution < 1.29 is 37.5 Å². The summed E-state index contributed by atoms with van der Waals surface area (Å²) in [7, 11) is -1.47. The van der Waals surface area contributed by atoms with E-state index in [0.29, 0.717) is 0 Å². The average molecular weight is 534 g/mol. The van der Waals surface area contributed by atoms with Gasteiger partial charge in [-0.1, -0.05) is 19.1 Å². The highest BCUT2D eigenvalue weighted by Crippen LogP contribution is 2.37. The largest absolute Gasteiger partial charge is 0.456 e. The standard InChI is InChI=1S/C24H39NO8S2/c1-14-12-10-8-9-11-13-34-23-22(32-17(4)28)21(31-16(3)27)20(30-15(2)26)19(33-23)18(14)25-35(29)24(5,6)7/h10,12,14,18-23,25H,8-9,11,13H2,1-7H3/b12-10-/t14-,18-,19-,20+,21+,22-,23-,35-/m1/s1. The van der Waals surface area contributed by atoms with Crippen LogP contribution in [0.1, 0.15) is 67.7 Å². The van der Waals surface area contributed by atoms with E-state index in [-0.39, 0.29) is 5.92 Å². The third-order valence-electron chi connectivity index (χ3n) is 5.64. The average Bonchev–Trinajstić information content (AvgIpc) is 2.72. The minimum absolute atomic E-state index is 0.169. The summed E-state index contributed by atoms with van der Waals surface area (Å²) in [6.07, 6.45) is 2.91. The van der Waals surface area contributed by atoms with Crippen LogP contribution in [0.15, 0.2) is 12.2 Å². The van der Waals surface area contributed by atoms with E-state index in [0.717, 1.165) is 25.0 Å². The highest BCUT2D eigenvalue weighted by Gasteiger charge is 2.54. The monoisotopic (exact) mass is 533 g/mol. The first-order valence-corrected chi connectivity index (χ1v) is 14.1. The second-order valence-electron chi connectivity index (χ2n) is 9.87. The normalized spacial score (nSPS) is 33.9. The van der Waals surface area contributed by atoms with E-state index in [1.54, 1.807) is 0 Å². The zero-order chi connectivity index (χ0) is 26.3. The van der Waals surface area contributed by atoms with Crippen molar-refractivity contribution in [2.45, 2.75) is 108 Å². The van der Waals surface area contributed by atoms with Crippen molar-refractivity contribution in [2.24, 2.45) is 5.92 Å². The molecular formula is C24H39NO8S2. The Kier molecular flexibility index (Phi) is 11.2. The third-order valence-corrected chi connectivity index (χ3v) is 8.47. The Morgan fingerprint density at radius 1 is 0.971 bits per heavy atom. The number of nitrogens with one attached hydrogen (secondary N) is 1. The van der Waals surface area contributed by atoms with Crippen molar-refractivity contribution in [3.05, 3.63) is 12.2 Å². The second kappa shape index (κ2) is 13.2. The van der Waals surface area contributed by atoms with Gasteiger partial charge < -0.3 is 18.9 Å². The molecule has 2 aliphatic rings. The molecule has 0 aliphatic carbocycles. The summed E-state index contributed by atoms with van der Waals surface area (Å²) in [6, 6.07) is -0.561. The van der Waals surface area contributed by atoms with Crippen LogP contribution in [0, 0.1) is 5.92 Å². The van der Waals surface area contributed by atoms with E-state index in [9.17, 15) is 18.6 Å². The summed E-state index contributed by atoms with van der Waals surface area (Å²) in [5, 5.41) is 0. The van der Waals surface area contributed by atoms with Gasteiger partial charge in [0.15, 0.2) is 18.3 Å². The number of ether oxygens (including phenoxy) is 4. The van der Waals surface area contributed by atoms with Gasteiger partial charge in [0.25, 0.3) is 0 Å². The predicted octanol–water partition coefficient (Wildman–Crippen LogP) is 3.04. The number of thioether (sulfide) groups is 1. The lowest BCUT2D eigenvalue weighted by Crippen LogP contribution is -2.66. The fourth-order valence-corrected chi connectivity index (χ4v) is 6.16. The number of fused-ring (bicyclic) bond motifs is 2. The van der Waals surface area contributed by atoms with Gasteiger partial charge in [-0.2, -0.15) is 0 Å². The summed E-state index contributed by atoms with van der Waals surface area (Å²) < 4.78 is 39.1. The van der Waals surface area contributed by atoms with Crippen molar-refractivity contribution in [3.63, 3.8) is 0 Å². The molecule has 0 aromatic carbocycles. The Morgan fingerprint density at radius 3 is 2.11 bits per heavy atom. The molecule has 0 aromatic rings. The van der Waals surface area contributed by atoms with Crippen LogP contribution in [-0.4, -0.2) is 68.5 Å². The number of rotatable bonds is 5. The number of esters is 3. The van der Waals surface area contributed by atoms with Gasteiger partial charge in [0.2, 0.25) is 0 Å². The summed E-state index contributed by atoms with van der Waals surface area (Å²) in [6.45, 7) is 11.3. The van der Waals surface area contributed by atoms with Gasteiger partial charge in [0.1, 0.15) is 11.5 Å². The Morgan fingerprint density at radius 2 is 1.54 bits per heavy atom. The lowest BCUT2D eigenvalue weighted by molar-refractivity contribution is -0.236. The molecule has 0 aromatic heterocycles. The molecule has 9 nitrogen and oxygen atoms in total. The molecular weight excluding hydrogens is 494 g/mol. The maximum absolute atomic E-state index is 13.2. The van der Waals surface area contributed by atoms with Crippen LogP contribution in [0.5, 0.6) is 0 Å². The van der Waals surface area contributed by atoms with Gasteiger partial charge in [0.05, 0.1) is 21.8 Å². The molecule has 35 heavy (non-hydrogen) atoms. The van der Waals surface area contributed by atoms with Crippen LogP contribution in [0.2, 0.25) is 0 Å². The van der Waals surface area contributed by atoms with Gasteiger partial charge in [-0.05, 0) is 51.7 Å². The Labute approximate surface area is 215 Å². The molecule has 2 aliphatic heterocycles. The first kappa shape index (κ1) is 29.8. The lowest BCUT2D eigenvalue weighted by Gasteiger charge is -2.47. The second-order valence-corrected chi connectivity index (χ2v) is 13.1. The molecule has 1 saturated heterocycles. The summed E-state index contributed by atoms with van der Waals surface area (Å²) >= 11 is 1.46. The van der Waals surface area contributed by atoms with Gasteiger partial charge in [0, 0.05) is 20.8 Å². The first-order chi connectivity index (χ1) is 16.3. The van der Waals surface area contributed by atoms with Gasteiger partial charge in [-0.3, -0.25) is 14.4 Å². The molecule has 1 fully saturated rings. The zero-order valence-corrected chi connectivity index (χ0v) is 23.2. The first-order valence-electron chi connectivity index (χ1n) is 11.9. The molecule has 0 amide bonds. The number of carbonyl (C=O) groups excluding carboxylic acids is 3. The molecule has 0 spiro atoms. The number of carbonyl (C=O) groups is 3. The quantitative estimate of drug-likeness (QED) is 0.323. The van der Waals surface area contributed by atoms with Crippen LogP contribution in [0.25, 0.3) is 0 Å². The van der Waals surface area contributed by atoms with E-state index in [1.807, 2.05) is 33.8 Å². The van der Waals surface area contributed by atoms with Crippen LogP contribution >= 0.6 is 11.8 Å². The van der Waals surface area contributed by atoms with Crippen molar-refractivity contribution in [2.75, 3.05) is 5.75 Å². The molecule has 8 atom stereocenters. The van der Waals surface area contributed by atoms with Crippen molar-refractivity contribution >= 4 is 40.7 Å². The van der Waals surface area contributed by atoms with E-state index in [2.05, 4.69) is 10.8 Å². The number of hydrogen-bond acceptors (Lipinski definition) is 9. The topological polar surface area (TPSA) is 117 Å². The highest BCUT2D eigenvalue weighted by molar-refractivity contribution is 7.99. The van der Waals surface area contributed by atoms with Crippen LogP contribution in [0.4, 0.5) is 0 Å². The molecule has 200 valence electrons. The highest BCUT2D eigenvalue weighted by atomic mass is 32.2. The molecule has 0 saturated carbocycles. The zero-order valence-electron chi connectivity index (χ0n) is 21.6. The maximum atomic E-state index is 13.2. The fourth-order valence-electron chi connectivity index (χ4n) is 4.00. The Hall–Kier alpha value is -1.43. The molecule has 0 radical (unpaired) electrons. The van der Waals surface area contributed by atoms with E-state index >= 15 is 0 Å². The van der Waals surface area contributed by atoms with Gasteiger partial charge >= 0.3 is 17.9 Å². The predicted molar refractivity (Wildman–Crippen MR) is 135 cm³/mol. The van der Waals surface area contributed by atoms with Crippen molar-refractivity contribution in [1.29, 1.82) is 0 Å². The SMILES string of the molecule is CC(=O)O[C@@H]1[C@H](OC(C)=O)[C@@H](OC(C)=O)[C@@H]2O[C@@H]1[C@H](N[S@](=O)C(C)(C)C)[C@H](C)/C=C\CCCCS2. The van der Waals surface area contributed by atoms with E-state index in [1.165, 1.54) is 32.5 Å². The van der Waals surface area contributed by atoms with Crippen molar-refractivity contribution in [3.8, 4) is 0 Å². The van der Waals surface area contributed by atoms with Crippen LogP contribution in [0.3, 0.4) is 0 Å². The molecule has 2 rings (SSSR count). The molecule has 1 N–H and O–H groups in total. The van der Waals surface area contributed by atoms with Crippen molar-refractivity contribution in [1.82, 2.24) is 4.72 Å². The van der Waals surface area contributed by atoms with Gasteiger partial charge in [-0.15, -0.1) is 11.8 Å². The fraction of sp³-hybridized carbons (Fsp3) is 0.792. The molecule has 2 bridgehead atoms. The number of allylic oxidation sites excluding steroid dienone is 1. The van der Waals surface area contributed by atoms with Crippen LogP contribution in [-0.2, 0) is 44.3 Å². The van der Waals surface area contributed by atoms with Gasteiger partial charge in [-0.25, -0.2) is 8.93 Å². The molecule has 2 heterocycles. The lowest BCUT2D eigenvalue weighted by atomic mass is 9.88. The minimum Gasteiger partial charge on any atom is -0.456 e. The summed E-state index contributed by atoms with van der Waals surface area (Å²) in [5.41, 5.74) is -0.678. The third kappa shape index (κ3) is 8.87. The molecule has 0 unspecified atom stereocenters. The smallest absolute Gasteiger partial charge is 0.303 e. The van der Waals surface area contributed by atoms with E-state index < -0.39 is 69.5 Å². The summed E-state index contributed by atoms with van der Waals surface area (Å²) in [5.74, 6) is -1.21. The molecule has 11 heteroatoms. The van der Waals surface area contributed by atoms with E-state index in [4.69, 9.17) is 18.9 Å². The number of hydrogen-bond donors (Lipinski definition) is 1. The Bertz CT molecular complexity index is 812. The maximum Gasteiger partial charge on any atom is 0.303 e. The minimum atomic E-state index is -1.47. The summed E-state index contributed by atoms with van der Waals surface area (Å²) in [4.78, 5) is 36.2. The van der Waals surface area contributed by atoms with Crippen LogP contribution < -0.4 is 4.72 Å².